The van der Waals surface area contributed by atoms with Crippen molar-refractivity contribution in [2.45, 2.75) is 23.8 Å². The fourth-order valence-electron chi connectivity index (χ4n) is 3.31. The molecule has 1 aliphatic heterocycles. The van der Waals surface area contributed by atoms with Crippen molar-refractivity contribution in [2.75, 3.05) is 18.4 Å². The number of anilines is 1. The summed E-state index contributed by atoms with van der Waals surface area (Å²) in [6.45, 7) is 0.753. The molecular weight excluding hydrogens is 412 g/mol. The maximum atomic E-state index is 12.9. The molecule has 0 bridgehead atoms. The average molecular weight is 433 g/mol. The summed E-state index contributed by atoms with van der Waals surface area (Å²) in [5.41, 5.74) is 0.986. The Bertz CT molecular complexity index is 1110. The Morgan fingerprint density at radius 3 is 2.90 bits per heavy atom. The first-order valence-electron chi connectivity index (χ1n) is 9.09. The van der Waals surface area contributed by atoms with Gasteiger partial charge in [-0.1, -0.05) is 6.07 Å². The first-order valence-corrected chi connectivity index (χ1v) is 11.4. The number of nitrogens with zero attached hydrogens (tertiary/aromatic N) is 5. The van der Waals surface area contributed by atoms with Crippen LogP contribution in [0.15, 0.2) is 47.3 Å². The normalized spacial score (nSPS) is 17.9. The molecular formula is C18H20N6O3S2. The topological polar surface area (TPSA) is 110 Å². The van der Waals surface area contributed by atoms with Gasteiger partial charge < -0.3 is 4.57 Å². The van der Waals surface area contributed by atoms with E-state index >= 15 is 0 Å². The van der Waals surface area contributed by atoms with Crippen LogP contribution in [0.3, 0.4) is 0 Å². The maximum Gasteiger partial charge on any atom is 0.276 e. The summed E-state index contributed by atoms with van der Waals surface area (Å²) in [7, 11) is -1.92. The van der Waals surface area contributed by atoms with Crippen LogP contribution in [0.4, 0.5) is 5.13 Å². The Morgan fingerprint density at radius 2 is 2.17 bits per heavy atom. The first-order chi connectivity index (χ1) is 13.9. The van der Waals surface area contributed by atoms with Crippen LogP contribution in [-0.4, -0.2) is 51.2 Å². The molecule has 1 fully saturated rings. The Morgan fingerprint density at radius 1 is 1.31 bits per heavy atom. The number of hydrogen-bond acceptors (Lipinski definition) is 7. The van der Waals surface area contributed by atoms with Crippen molar-refractivity contribution in [3.8, 4) is 0 Å². The highest BCUT2D eigenvalue weighted by Gasteiger charge is 2.33. The Kier molecular flexibility index (Phi) is 5.43. The minimum absolute atomic E-state index is 0.0465. The van der Waals surface area contributed by atoms with Crippen molar-refractivity contribution in [3.63, 3.8) is 0 Å². The van der Waals surface area contributed by atoms with Gasteiger partial charge in [-0.25, -0.2) is 23.4 Å². The summed E-state index contributed by atoms with van der Waals surface area (Å²) in [5, 5.41) is 5.04. The molecule has 1 N–H and O–H groups in total. The Balaban J connectivity index is 1.52. The maximum absolute atomic E-state index is 12.9. The molecule has 1 amide bonds. The third kappa shape index (κ3) is 4.21. The number of carbonyl (C=O) groups is 1. The Labute approximate surface area is 172 Å². The van der Waals surface area contributed by atoms with E-state index in [0.29, 0.717) is 30.3 Å². The van der Waals surface area contributed by atoms with E-state index in [4.69, 9.17) is 0 Å². The monoisotopic (exact) mass is 432 g/mol. The molecule has 3 aromatic heterocycles. The summed E-state index contributed by atoms with van der Waals surface area (Å²) < 4.78 is 28.8. The van der Waals surface area contributed by atoms with Crippen LogP contribution in [0, 0.1) is 0 Å². The summed E-state index contributed by atoms with van der Waals surface area (Å²) in [6.07, 6.45) is 6.11. The fourth-order valence-corrected chi connectivity index (χ4v) is 5.32. The largest absolute Gasteiger partial charge is 0.339 e. The number of piperidine rings is 1. The van der Waals surface area contributed by atoms with Crippen molar-refractivity contribution in [3.05, 3.63) is 53.7 Å². The molecule has 0 aromatic carbocycles. The lowest BCUT2D eigenvalue weighted by molar-refractivity contribution is 0.102. The molecule has 9 nitrogen and oxygen atoms in total. The molecule has 0 unspecified atom stereocenters. The highest BCUT2D eigenvalue weighted by molar-refractivity contribution is 7.89. The van der Waals surface area contributed by atoms with Crippen molar-refractivity contribution < 1.29 is 13.2 Å². The molecule has 0 radical (unpaired) electrons. The van der Waals surface area contributed by atoms with E-state index in [2.05, 4.69) is 20.3 Å². The van der Waals surface area contributed by atoms with Gasteiger partial charge in [0.15, 0.2) is 10.2 Å². The standard InChI is InChI=1S/C18H20N6O3S2/c1-23-11-16(20-12-23)29(26,27)24-8-3-4-13(10-24)14-5-2-6-15(21-14)17(25)22-18-19-7-9-28-18/h2,5-7,9,11-13H,3-4,8,10H2,1H3,(H,19,22,25)/t13-/m1/s1. The van der Waals surface area contributed by atoms with Gasteiger partial charge in [-0.2, -0.15) is 4.31 Å². The lowest BCUT2D eigenvalue weighted by Crippen LogP contribution is -2.39. The van der Waals surface area contributed by atoms with Gasteiger partial charge in [0.25, 0.3) is 15.9 Å². The number of pyridine rings is 1. The number of imidazole rings is 1. The molecule has 4 heterocycles. The van der Waals surface area contributed by atoms with E-state index in [9.17, 15) is 13.2 Å². The van der Waals surface area contributed by atoms with Crippen LogP contribution in [-0.2, 0) is 17.1 Å². The summed E-state index contributed by atoms with van der Waals surface area (Å²) in [6, 6.07) is 5.24. The molecule has 3 aromatic rings. The quantitative estimate of drug-likeness (QED) is 0.661. The molecule has 152 valence electrons. The summed E-state index contributed by atoms with van der Waals surface area (Å²) >= 11 is 1.33. The number of rotatable bonds is 5. The van der Waals surface area contributed by atoms with Crippen LogP contribution in [0.5, 0.6) is 0 Å². The second-order valence-electron chi connectivity index (χ2n) is 6.82. The second kappa shape index (κ2) is 8.01. The van der Waals surface area contributed by atoms with Gasteiger partial charge in [-0.05, 0) is 25.0 Å². The van der Waals surface area contributed by atoms with Crippen LogP contribution in [0.1, 0.15) is 34.9 Å². The number of thiazole rings is 1. The zero-order valence-electron chi connectivity index (χ0n) is 15.7. The highest BCUT2D eigenvalue weighted by Crippen LogP contribution is 2.29. The van der Waals surface area contributed by atoms with E-state index in [1.807, 2.05) is 6.07 Å². The third-order valence-corrected chi connectivity index (χ3v) is 7.18. The third-order valence-electron chi connectivity index (χ3n) is 4.74. The SMILES string of the molecule is Cn1cnc(S(=O)(=O)N2CCC[C@@H](c3cccc(C(=O)Nc4nccs4)n3)C2)c1. The zero-order valence-corrected chi connectivity index (χ0v) is 17.4. The van der Waals surface area contributed by atoms with Gasteiger partial charge in [-0.3, -0.25) is 10.1 Å². The van der Waals surface area contributed by atoms with Crippen molar-refractivity contribution in [2.24, 2.45) is 7.05 Å². The second-order valence-corrected chi connectivity index (χ2v) is 9.60. The minimum Gasteiger partial charge on any atom is -0.339 e. The van der Waals surface area contributed by atoms with Gasteiger partial charge in [0, 0.05) is 49.5 Å². The molecule has 29 heavy (non-hydrogen) atoms. The molecule has 1 atom stereocenters. The van der Waals surface area contributed by atoms with E-state index in [1.54, 1.807) is 35.3 Å². The zero-order chi connectivity index (χ0) is 20.4. The van der Waals surface area contributed by atoms with Gasteiger partial charge in [0.2, 0.25) is 0 Å². The molecule has 0 aliphatic carbocycles. The molecule has 0 spiro atoms. The van der Waals surface area contributed by atoms with Crippen LogP contribution >= 0.6 is 11.3 Å². The summed E-state index contributed by atoms with van der Waals surface area (Å²) in [5.74, 6) is -0.426. The van der Waals surface area contributed by atoms with E-state index in [-0.39, 0.29) is 22.5 Å². The highest BCUT2D eigenvalue weighted by atomic mass is 32.2. The number of nitrogens with one attached hydrogen (secondary N) is 1. The van der Waals surface area contributed by atoms with E-state index < -0.39 is 10.0 Å². The number of aryl methyl sites for hydroxylation is 1. The smallest absolute Gasteiger partial charge is 0.276 e. The first kappa shape index (κ1) is 19.7. The van der Waals surface area contributed by atoms with Crippen molar-refractivity contribution in [1.82, 2.24) is 23.8 Å². The van der Waals surface area contributed by atoms with Gasteiger partial charge in [0.1, 0.15) is 5.69 Å². The number of sulfonamides is 1. The average Bonchev–Trinajstić information content (AvgIpc) is 3.40. The fraction of sp³-hybridized carbons (Fsp3) is 0.333. The van der Waals surface area contributed by atoms with E-state index in [0.717, 1.165) is 6.42 Å². The Hall–Kier alpha value is -2.63. The molecule has 4 rings (SSSR count). The van der Waals surface area contributed by atoms with Gasteiger partial charge in [-0.15, -0.1) is 11.3 Å². The molecule has 0 saturated carbocycles. The summed E-state index contributed by atoms with van der Waals surface area (Å²) in [4.78, 5) is 25.0. The van der Waals surface area contributed by atoms with E-state index in [1.165, 1.54) is 28.2 Å². The van der Waals surface area contributed by atoms with Gasteiger partial charge >= 0.3 is 0 Å². The lowest BCUT2D eigenvalue weighted by atomic mass is 9.95. The lowest BCUT2D eigenvalue weighted by Gasteiger charge is -2.31. The van der Waals surface area contributed by atoms with Crippen molar-refractivity contribution in [1.29, 1.82) is 0 Å². The number of hydrogen-bond donors (Lipinski definition) is 1. The van der Waals surface area contributed by atoms with Crippen LogP contribution < -0.4 is 5.32 Å². The van der Waals surface area contributed by atoms with Crippen LogP contribution in [0.2, 0.25) is 0 Å². The predicted octanol–water partition coefficient (Wildman–Crippen LogP) is 2.09. The number of aromatic nitrogens is 4. The molecule has 1 aliphatic rings. The number of carbonyl (C=O) groups excluding carboxylic acids is 1. The number of amides is 1. The predicted molar refractivity (Wildman–Crippen MR) is 108 cm³/mol. The molecule has 11 heteroatoms. The van der Waals surface area contributed by atoms with Gasteiger partial charge in [0.05, 0.1) is 6.33 Å². The van der Waals surface area contributed by atoms with Crippen molar-refractivity contribution >= 4 is 32.4 Å². The van der Waals surface area contributed by atoms with Crippen LogP contribution in [0.25, 0.3) is 0 Å². The molecule has 1 saturated heterocycles. The minimum atomic E-state index is -3.66.